The van der Waals surface area contributed by atoms with Gasteiger partial charge in [-0.3, -0.25) is 4.68 Å². The van der Waals surface area contributed by atoms with Gasteiger partial charge in [-0.05, 0) is 30.7 Å². The molecule has 4 aromatic rings. The summed E-state index contributed by atoms with van der Waals surface area (Å²) in [5.41, 5.74) is 2.28. The van der Waals surface area contributed by atoms with E-state index in [-0.39, 0.29) is 6.42 Å². The number of hydrogen-bond acceptors (Lipinski definition) is 5. The van der Waals surface area contributed by atoms with Gasteiger partial charge in [0.05, 0.1) is 17.7 Å². The van der Waals surface area contributed by atoms with Crippen LogP contribution in [0.25, 0.3) is 32.5 Å². The number of fused-ring (bicyclic) bond motifs is 2. The highest BCUT2D eigenvalue weighted by Gasteiger charge is 2.52. The van der Waals surface area contributed by atoms with Crippen molar-refractivity contribution < 1.29 is 13.9 Å². The summed E-state index contributed by atoms with van der Waals surface area (Å²) in [7, 11) is 1.84. The molecule has 138 valence electrons. The number of aliphatic hydroxyl groups is 1. The highest BCUT2D eigenvalue weighted by Crippen LogP contribution is 2.51. The van der Waals surface area contributed by atoms with E-state index in [1.54, 1.807) is 16.9 Å². The second kappa shape index (κ2) is 5.77. The van der Waals surface area contributed by atoms with Gasteiger partial charge in [-0.1, -0.05) is 0 Å². The van der Waals surface area contributed by atoms with Gasteiger partial charge >= 0.3 is 0 Å². The van der Waals surface area contributed by atoms with Gasteiger partial charge in [0.2, 0.25) is 0 Å². The molecule has 2 atom stereocenters. The minimum atomic E-state index is -2.78. The summed E-state index contributed by atoms with van der Waals surface area (Å²) in [6.07, 6.45) is 2.67. The Morgan fingerprint density at radius 2 is 2.15 bits per heavy atom. The van der Waals surface area contributed by atoms with Crippen LogP contribution in [0.2, 0.25) is 0 Å². The van der Waals surface area contributed by atoms with E-state index in [2.05, 4.69) is 15.1 Å². The summed E-state index contributed by atoms with van der Waals surface area (Å²) >= 11 is 1.27. The van der Waals surface area contributed by atoms with Gasteiger partial charge in [-0.2, -0.15) is 5.10 Å². The molecule has 0 spiro atoms. The van der Waals surface area contributed by atoms with Gasteiger partial charge in [0, 0.05) is 47.1 Å². The van der Waals surface area contributed by atoms with Crippen LogP contribution in [0, 0.1) is 5.92 Å². The maximum atomic E-state index is 13.6. The SMILES string of the molecule is Cn1cc2cc(-c3ccc4cc([C@H](O)[C@H]5CCC5(F)F)sc4n3)cnc2n1. The topological polar surface area (TPSA) is 63.8 Å². The van der Waals surface area contributed by atoms with Crippen LogP contribution in [0.15, 0.2) is 36.7 Å². The summed E-state index contributed by atoms with van der Waals surface area (Å²) in [5, 5.41) is 16.4. The fourth-order valence-electron chi connectivity index (χ4n) is 3.53. The normalized spacial score (nSPS) is 20.1. The number of aromatic nitrogens is 4. The molecule has 0 saturated heterocycles. The van der Waals surface area contributed by atoms with Crippen LogP contribution in [-0.4, -0.2) is 30.8 Å². The second-order valence-electron chi connectivity index (χ2n) is 7.03. The smallest absolute Gasteiger partial charge is 0.253 e. The fourth-order valence-corrected chi connectivity index (χ4v) is 4.62. The maximum absolute atomic E-state index is 13.6. The lowest BCUT2D eigenvalue weighted by molar-refractivity contribution is -0.172. The molecule has 27 heavy (non-hydrogen) atoms. The van der Waals surface area contributed by atoms with Crippen molar-refractivity contribution in [3.05, 3.63) is 41.5 Å². The van der Waals surface area contributed by atoms with Gasteiger partial charge in [-0.25, -0.2) is 18.7 Å². The number of pyridine rings is 2. The molecule has 0 bridgehead atoms. The average Bonchev–Trinajstić information content (AvgIpc) is 3.21. The zero-order chi connectivity index (χ0) is 18.8. The Balaban J connectivity index is 1.51. The lowest BCUT2D eigenvalue weighted by Crippen LogP contribution is -2.42. The zero-order valence-electron chi connectivity index (χ0n) is 14.4. The molecule has 1 aliphatic carbocycles. The average molecular weight is 386 g/mol. The first-order valence-electron chi connectivity index (χ1n) is 8.67. The number of nitrogens with zero attached hydrogens (tertiary/aromatic N) is 4. The van der Waals surface area contributed by atoms with Crippen molar-refractivity contribution in [2.75, 3.05) is 0 Å². The molecule has 4 aromatic heterocycles. The van der Waals surface area contributed by atoms with E-state index in [1.807, 2.05) is 31.4 Å². The van der Waals surface area contributed by atoms with Crippen molar-refractivity contribution in [3.8, 4) is 11.3 Å². The van der Waals surface area contributed by atoms with Crippen LogP contribution in [0.4, 0.5) is 8.78 Å². The predicted molar refractivity (Wildman–Crippen MR) is 99.8 cm³/mol. The molecular formula is C19H16F2N4OS. The molecule has 1 N–H and O–H groups in total. The molecule has 0 radical (unpaired) electrons. The maximum Gasteiger partial charge on any atom is 0.253 e. The molecule has 1 fully saturated rings. The standard InChI is InChI=1S/C19H16F2N4OS/c1-25-9-12-6-11(8-22-17(12)24-25)14-3-2-10-7-15(27-18(10)23-14)16(26)13-4-5-19(13,20)21/h2-3,6-9,13,16,26H,4-5H2,1H3/t13-,16-/m1/s1. The zero-order valence-corrected chi connectivity index (χ0v) is 15.2. The third-order valence-electron chi connectivity index (χ3n) is 5.18. The fraction of sp³-hybridized carbons (Fsp3) is 0.316. The largest absolute Gasteiger partial charge is 0.387 e. The van der Waals surface area contributed by atoms with Crippen LogP contribution < -0.4 is 0 Å². The van der Waals surface area contributed by atoms with E-state index < -0.39 is 17.9 Å². The molecular weight excluding hydrogens is 370 g/mol. The van der Waals surface area contributed by atoms with Crippen molar-refractivity contribution in [2.24, 2.45) is 13.0 Å². The van der Waals surface area contributed by atoms with Crippen molar-refractivity contribution in [1.29, 1.82) is 0 Å². The first-order chi connectivity index (χ1) is 12.9. The van der Waals surface area contributed by atoms with Crippen LogP contribution in [0.3, 0.4) is 0 Å². The first kappa shape index (κ1) is 16.7. The van der Waals surface area contributed by atoms with E-state index in [0.29, 0.717) is 16.9 Å². The molecule has 8 heteroatoms. The Morgan fingerprint density at radius 1 is 1.30 bits per heavy atom. The van der Waals surface area contributed by atoms with Crippen LogP contribution in [0.1, 0.15) is 23.8 Å². The highest BCUT2D eigenvalue weighted by atomic mass is 32.1. The number of aryl methyl sites for hydroxylation is 1. The Morgan fingerprint density at radius 3 is 2.89 bits per heavy atom. The van der Waals surface area contributed by atoms with E-state index >= 15 is 0 Å². The molecule has 5 nitrogen and oxygen atoms in total. The van der Waals surface area contributed by atoms with E-state index in [9.17, 15) is 13.9 Å². The third kappa shape index (κ3) is 2.71. The third-order valence-corrected chi connectivity index (χ3v) is 6.29. The van der Waals surface area contributed by atoms with Crippen LogP contribution in [-0.2, 0) is 7.05 Å². The summed E-state index contributed by atoms with van der Waals surface area (Å²) < 4.78 is 29.0. The van der Waals surface area contributed by atoms with Gasteiger partial charge in [0.25, 0.3) is 5.92 Å². The predicted octanol–water partition coefficient (Wildman–Crippen LogP) is 4.32. The number of alkyl halides is 2. The number of hydrogen-bond donors (Lipinski definition) is 1. The van der Waals surface area contributed by atoms with E-state index in [0.717, 1.165) is 26.9 Å². The van der Waals surface area contributed by atoms with Gasteiger partial charge in [0.15, 0.2) is 5.65 Å². The van der Waals surface area contributed by atoms with Crippen LogP contribution in [0.5, 0.6) is 0 Å². The lowest BCUT2D eigenvalue weighted by atomic mass is 9.76. The number of aliphatic hydroxyl groups excluding tert-OH is 1. The number of rotatable bonds is 3. The summed E-state index contributed by atoms with van der Waals surface area (Å²) in [5.74, 6) is -3.78. The van der Waals surface area contributed by atoms with Crippen molar-refractivity contribution in [2.45, 2.75) is 24.9 Å². The molecule has 4 heterocycles. The number of thiophene rings is 1. The molecule has 1 saturated carbocycles. The van der Waals surface area contributed by atoms with E-state index in [1.165, 1.54) is 11.3 Å². The lowest BCUT2D eigenvalue weighted by Gasteiger charge is -2.38. The van der Waals surface area contributed by atoms with Gasteiger partial charge in [-0.15, -0.1) is 11.3 Å². The highest BCUT2D eigenvalue weighted by molar-refractivity contribution is 7.18. The quantitative estimate of drug-likeness (QED) is 0.569. The molecule has 0 amide bonds. The van der Waals surface area contributed by atoms with Crippen LogP contribution >= 0.6 is 11.3 Å². The first-order valence-corrected chi connectivity index (χ1v) is 9.48. The minimum Gasteiger partial charge on any atom is -0.387 e. The summed E-state index contributed by atoms with van der Waals surface area (Å²) in [6.45, 7) is 0. The monoisotopic (exact) mass is 386 g/mol. The minimum absolute atomic E-state index is 0.147. The van der Waals surface area contributed by atoms with Crippen molar-refractivity contribution in [3.63, 3.8) is 0 Å². The number of halogens is 2. The Kier molecular flexibility index (Phi) is 3.57. The van der Waals surface area contributed by atoms with Crippen molar-refractivity contribution in [1.82, 2.24) is 19.7 Å². The molecule has 0 aliphatic heterocycles. The van der Waals surface area contributed by atoms with E-state index in [4.69, 9.17) is 0 Å². The van der Waals surface area contributed by atoms with Gasteiger partial charge < -0.3 is 5.11 Å². The molecule has 5 rings (SSSR count). The summed E-state index contributed by atoms with van der Waals surface area (Å²) in [6, 6.07) is 7.51. The van der Waals surface area contributed by atoms with Gasteiger partial charge in [0.1, 0.15) is 4.83 Å². The summed E-state index contributed by atoms with van der Waals surface area (Å²) in [4.78, 5) is 10.3. The Labute approximate surface area is 157 Å². The van der Waals surface area contributed by atoms with Crippen molar-refractivity contribution >= 4 is 32.6 Å². The molecule has 1 aliphatic rings. The Hall–Kier alpha value is -2.45. The Bertz CT molecular complexity index is 1170. The molecule has 0 unspecified atom stereocenters. The molecule has 0 aromatic carbocycles. The second-order valence-corrected chi connectivity index (χ2v) is 8.09.